The molecule has 0 amide bonds. The number of aromatic nitrogens is 1. The van der Waals surface area contributed by atoms with Crippen LogP contribution in [-0.2, 0) is 0 Å². The van der Waals surface area contributed by atoms with Crippen LogP contribution < -0.4 is 5.32 Å². The van der Waals surface area contributed by atoms with Gasteiger partial charge < -0.3 is 5.32 Å². The molecular formula is C11H11IN2. The number of nitrogens with one attached hydrogen (secondary N) is 1. The van der Waals surface area contributed by atoms with Crippen molar-refractivity contribution < 1.29 is 0 Å². The van der Waals surface area contributed by atoms with Gasteiger partial charge >= 0.3 is 0 Å². The number of anilines is 1. The topological polar surface area (TPSA) is 24.9 Å². The Labute approximate surface area is 96.9 Å². The molecule has 0 saturated heterocycles. The molecule has 0 radical (unpaired) electrons. The fourth-order valence-electron chi connectivity index (χ4n) is 1.45. The zero-order chi connectivity index (χ0) is 9.97. The van der Waals surface area contributed by atoms with Crippen LogP contribution in [0.1, 0.15) is 6.92 Å². The summed E-state index contributed by atoms with van der Waals surface area (Å²) in [5.74, 6) is 0.975. The molecule has 0 unspecified atom stereocenters. The minimum Gasteiger partial charge on any atom is -0.370 e. The van der Waals surface area contributed by atoms with E-state index in [0.29, 0.717) is 0 Å². The third-order valence-electron chi connectivity index (χ3n) is 2.07. The molecule has 14 heavy (non-hydrogen) atoms. The predicted octanol–water partition coefficient (Wildman–Crippen LogP) is 3.27. The fourth-order valence-corrected chi connectivity index (χ4v) is 1.94. The number of benzene rings is 1. The lowest BCUT2D eigenvalue weighted by Gasteiger charge is -2.06. The van der Waals surface area contributed by atoms with Gasteiger partial charge in [0.05, 0.1) is 0 Å². The standard InChI is InChI=1S/C11H11IN2/c1-2-13-11-10-7-9(12)4-3-8(10)5-6-14-11/h3-7H,2H2,1H3,(H,13,14). The fraction of sp³-hybridized carbons (Fsp3) is 0.182. The van der Waals surface area contributed by atoms with Gasteiger partial charge in [0, 0.05) is 21.7 Å². The third kappa shape index (κ3) is 1.82. The molecule has 0 bridgehead atoms. The summed E-state index contributed by atoms with van der Waals surface area (Å²) in [4.78, 5) is 4.32. The monoisotopic (exact) mass is 298 g/mol. The Hall–Kier alpha value is -0.840. The summed E-state index contributed by atoms with van der Waals surface area (Å²) in [5, 5.41) is 5.69. The normalized spacial score (nSPS) is 10.4. The highest BCUT2D eigenvalue weighted by atomic mass is 127. The zero-order valence-electron chi connectivity index (χ0n) is 7.92. The smallest absolute Gasteiger partial charge is 0.133 e. The van der Waals surface area contributed by atoms with E-state index < -0.39 is 0 Å². The number of hydrogen-bond acceptors (Lipinski definition) is 2. The van der Waals surface area contributed by atoms with Crippen molar-refractivity contribution in [2.75, 3.05) is 11.9 Å². The van der Waals surface area contributed by atoms with Crippen molar-refractivity contribution >= 4 is 39.2 Å². The first kappa shape index (κ1) is 9.71. The average molecular weight is 298 g/mol. The van der Waals surface area contributed by atoms with Crippen molar-refractivity contribution in [1.82, 2.24) is 4.98 Å². The van der Waals surface area contributed by atoms with Gasteiger partial charge in [0.2, 0.25) is 0 Å². The maximum Gasteiger partial charge on any atom is 0.133 e. The molecule has 0 aliphatic heterocycles. The Kier molecular flexibility index (Phi) is 2.86. The van der Waals surface area contributed by atoms with Crippen LogP contribution in [0.4, 0.5) is 5.82 Å². The number of fused-ring (bicyclic) bond motifs is 1. The van der Waals surface area contributed by atoms with Crippen molar-refractivity contribution in [3.8, 4) is 0 Å². The quantitative estimate of drug-likeness (QED) is 0.861. The second-order valence-corrected chi connectivity index (χ2v) is 4.30. The van der Waals surface area contributed by atoms with Gasteiger partial charge in [0.15, 0.2) is 0 Å². The first-order chi connectivity index (χ1) is 6.81. The second kappa shape index (κ2) is 4.13. The van der Waals surface area contributed by atoms with Gasteiger partial charge in [-0.2, -0.15) is 0 Å². The van der Waals surface area contributed by atoms with E-state index in [-0.39, 0.29) is 0 Å². The van der Waals surface area contributed by atoms with Crippen molar-refractivity contribution in [2.24, 2.45) is 0 Å². The zero-order valence-corrected chi connectivity index (χ0v) is 10.1. The van der Waals surface area contributed by atoms with E-state index in [2.05, 4.69) is 58.0 Å². The average Bonchev–Trinajstić information content (AvgIpc) is 2.19. The molecule has 0 saturated carbocycles. The molecule has 2 nitrogen and oxygen atoms in total. The van der Waals surface area contributed by atoms with Crippen molar-refractivity contribution in [2.45, 2.75) is 6.92 Å². The minimum atomic E-state index is 0.900. The van der Waals surface area contributed by atoms with Gasteiger partial charge in [-0.1, -0.05) is 6.07 Å². The number of hydrogen-bond donors (Lipinski definition) is 1. The lowest BCUT2D eigenvalue weighted by Crippen LogP contribution is -1.99. The Balaban J connectivity index is 2.64. The summed E-state index contributed by atoms with van der Waals surface area (Å²) >= 11 is 2.32. The Morgan fingerprint density at radius 1 is 1.36 bits per heavy atom. The van der Waals surface area contributed by atoms with Crippen LogP contribution in [0.5, 0.6) is 0 Å². The van der Waals surface area contributed by atoms with Crippen LogP contribution in [0.2, 0.25) is 0 Å². The second-order valence-electron chi connectivity index (χ2n) is 3.06. The van der Waals surface area contributed by atoms with Gasteiger partial charge in [0.25, 0.3) is 0 Å². The molecule has 1 aromatic heterocycles. The molecule has 72 valence electrons. The number of pyridine rings is 1. The maximum atomic E-state index is 4.32. The molecule has 1 aromatic carbocycles. The van der Waals surface area contributed by atoms with Crippen LogP contribution in [0.15, 0.2) is 30.5 Å². The summed E-state index contributed by atoms with van der Waals surface area (Å²) in [6.07, 6.45) is 1.84. The number of rotatable bonds is 2. The highest BCUT2D eigenvalue weighted by molar-refractivity contribution is 14.1. The van der Waals surface area contributed by atoms with Gasteiger partial charge in [-0.25, -0.2) is 4.98 Å². The summed E-state index contributed by atoms with van der Waals surface area (Å²) < 4.78 is 1.24. The van der Waals surface area contributed by atoms with E-state index in [1.54, 1.807) is 0 Å². The first-order valence-electron chi connectivity index (χ1n) is 4.59. The van der Waals surface area contributed by atoms with Crippen LogP contribution in [0.25, 0.3) is 10.8 Å². The molecule has 2 rings (SSSR count). The highest BCUT2D eigenvalue weighted by Gasteiger charge is 2.00. The van der Waals surface area contributed by atoms with Crippen molar-refractivity contribution in [3.05, 3.63) is 34.0 Å². The molecule has 0 aliphatic rings. The van der Waals surface area contributed by atoms with Crippen LogP contribution in [0, 0.1) is 3.57 Å². The summed E-state index contributed by atoms with van der Waals surface area (Å²) in [6, 6.07) is 8.42. The molecule has 2 aromatic rings. The molecule has 3 heteroatoms. The third-order valence-corrected chi connectivity index (χ3v) is 2.74. The van der Waals surface area contributed by atoms with E-state index in [0.717, 1.165) is 12.4 Å². The lowest BCUT2D eigenvalue weighted by atomic mass is 10.1. The molecule has 1 heterocycles. The van der Waals surface area contributed by atoms with Gasteiger partial charge in [-0.15, -0.1) is 0 Å². The van der Waals surface area contributed by atoms with E-state index in [1.807, 2.05) is 12.3 Å². The number of nitrogens with zero attached hydrogens (tertiary/aromatic N) is 1. The molecule has 0 aliphatic carbocycles. The molecule has 0 fully saturated rings. The Bertz CT molecular complexity index is 454. The van der Waals surface area contributed by atoms with Gasteiger partial charge in [-0.05, 0) is 53.1 Å². The van der Waals surface area contributed by atoms with Crippen LogP contribution >= 0.6 is 22.6 Å². The number of halogens is 1. The summed E-state index contributed by atoms with van der Waals surface area (Å²) in [6.45, 7) is 2.98. The molecule has 0 spiro atoms. The van der Waals surface area contributed by atoms with Crippen LogP contribution in [0.3, 0.4) is 0 Å². The van der Waals surface area contributed by atoms with Gasteiger partial charge in [-0.3, -0.25) is 0 Å². The minimum absolute atomic E-state index is 0.900. The maximum absolute atomic E-state index is 4.32. The van der Waals surface area contributed by atoms with E-state index in [1.165, 1.54) is 14.3 Å². The van der Waals surface area contributed by atoms with Crippen LogP contribution in [-0.4, -0.2) is 11.5 Å². The largest absolute Gasteiger partial charge is 0.370 e. The van der Waals surface area contributed by atoms with E-state index in [4.69, 9.17) is 0 Å². The summed E-state index contributed by atoms with van der Waals surface area (Å²) in [7, 11) is 0. The summed E-state index contributed by atoms with van der Waals surface area (Å²) in [5.41, 5.74) is 0. The van der Waals surface area contributed by atoms with Crippen molar-refractivity contribution in [3.63, 3.8) is 0 Å². The molecule has 0 atom stereocenters. The lowest BCUT2D eigenvalue weighted by molar-refractivity contribution is 1.17. The SMILES string of the molecule is CCNc1nccc2ccc(I)cc12. The first-order valence-corrected chi connectivity index (χ1v) is 5.67. The highest BCUT2D eigenvalue weighted by Crippen LogP contribution is 2.22. The van der Waals surface area contributed by atoms with E-state index in [9.17, 15) is 0 Å². The molecule has 1 N–H and O–H groups in total. The Morgan fingerprint density at radius 3 is 3.00 bits per heavy atom. The Morgan fingerprint density at radius 2 is 2.21 bits per heavy atom. The van der Waals surface area contributed by atoms with Crippen molar-refractivity contribution in [1.29, 1.82) is 0 Å². The molecular weight excluding hydrogens is 287 g/mol. The predicted molar refractivity (Wildman–Crippen MR) is 68.6 cm³/mol. The van der Waals surface area contributed by atoms with E-state index >= 15 is 0 Å². The van der Waals surface area contributed by atoms with Gasteiger partial charge in [0.1, 0.15) is 5.82 Å².